The Balaban J connectivity index is 2.35. The maximum atomic E-state index is 14.2. The van der Waals surface area contributed by atoms with Gasteiger partial charge in [-0.15, -0.1) is 0 Å². The molecule has 1 atom stereocenters. The Morgan fingerprint density at radius 2 is 1.71 bits per heavy atom. The Morgan fingerprint density at radius 1 is 1.10 bits per heavy atom. The van der Waals surface area contributed by atoms with Crippen molar-refractivity contribution in [2.75, 3.05) is 7.11 Å². The minimum Gasteiger partial charge on any atom is -0.497 e. The molecule has 2 nitrogen and oxygen atoms in total. The minimum atomic E-state index is -1.63. The monoisotopic (exact) mass is 292 g/mol. The van der Waals surface area contributed by atoms with Gasteiger partial charge in [0.1, 0.15) is 17.4 Å². The predicted molar refractivity (Wildman–Crippen MR) is 77.4 cm³/mol. The molecule has 0 aliphatic heterocycles. The molecule has 0 radical (unpaired) electrons. The van der Waals surface area contributed by atoms with Gasteiger partial charge >= 0.3 is 0 Å². The quantitative estimate of drug-likeness (QED) is 0.930. The van der Waals surface area contributed by atoms with Gasteiger partial charge in [-0.2, -0.15) is 0 Å². The van der Waals surface area contributed by atoms with E-state index in [-0.39, 0.29) is 12.0 Å². The first-order chi connectivity index (χ1) is 9.85. The van der Waals surface area contributed by atoms with Crippen LogP contribution in [0.4, 0.5) is 8.78 Å². The molecule has 2 aromatic carbocycles. The van der Waals surface area contributed by atoms with E-state index in [1.54, 1.807) is 38.3 Å². The average Bonchev–Trinajstić information content (AvgIpc) is 2.43. The predicted octanol–water partition coefficient (Wildman–Crippen LogP) is 3.73. The summed E-state index contributed by atoms with van der Waals surface area (Å²) in [5.41, 5.74) is -0.852. The van der Waals surface area contributed by atoms with E-state index in [0.717, 1.165) is 5.56 Å². The molecule has 0 heterocycles. The topological polar surface area (TPSA) is 29.5 Å². The lowest BCUT2D eigenvalue weighted by molar-refractivity contribution is 0.0496. The molecule has 4 heteroatoms. The highest BCUT2D eigenvalue weighted by Gasteiger charge is 2.31. The third-order valence-electron chi connectivity index (χ3n) is 3.53. The van der Waals surface area contributed by atoms with E-state index in [2.05, 4.69) is 0 Å². The van der Waals surface area contributed by atoms with Crippen LogP contribution in [0.2, 0.25) is 0 Å². The lowest BCUT2D eigenvalue weighted by Crippen LogP contribution is -2.27. The number of rotatable bonds is 4. The zero-order valence-electron chi connectivity index (χ0n) is 12.3. The summed E-state index contributed by atoms with van der Waals surface area (Å²) in [5, 5.41) is 10.5. The third-order valence-corrected chi connectivity index (χ3v) is 3.53. The summed E-state index contributed by atoms with van der Waals surface area (Å²) in [7, 11) is 1.56. The van der Waals surface area contributed by atoms with Gasteiger partial charge in [0.15, 0.2) is 0 Å². The van der Waals surface area contributed by atoms with Crippen molar-refractivity contribution in [3.05, 3.63) is 64.7 Å². The molecule has 0 amide bonds. The van der Waals surface area contributed by atoms with Gasteiger partial charge in [0.2, 0.25) is 0 Å². The molecule has 0 aliphatic carbocycles. The van der Waals surface area contributed by atoms with Gasteiger partial charge in [0.05, 0.1) is 18.3 Å². The van der Waals surface area contributed by atoms with Crippen LogP contribution >= 0.6 is 0 Å². The Morgan fingerprint density at radius 3 is 2.29 bits per heavy atom. The average molecular weight is 292 g/mol. The summed E-state index contributed by atoms with van der Waals surface area (Å²) >= 11 is 0. The zero-order valence-corrected chi connectivity index (χ0v) is 12.3. The molecule has 2 rings (SSSR count). The number of benzene rings is 2. The molecule has 1 N–H and O–H groups in total. The SMILES string of the molecule is COc1ccc(CC(C)(O)c2c(F)ccc(C)c2F)cc1. The van der Waals surface area contributed by atoms with Crippen LogP contribution in [-0.4, -0.2) is 12.2 Å². The second-order valence-corrected chi connectivity index (χ2v) is 5.35. The molecule has 21 heavy (non-hydrogen) atoms. The Kier molecular flexibility index (Phi) is 4.28. The number of halogens is 2. The van der Waals surface area contributed by atoms with Crippen molar-refractivity contribution in [1.29, 1.82) is 0 Å². The Hall–Kier alpha value is -1.94. The summed E-state index contributed by atoms with van der Waals surface area (Å²) in [5.74, 6) is -0.753. The van der Waals surface area contributed by atoms with E-state index < -0.39 is 17.2 Å². The number of methoxy groups -OCH3 is 1. The molecular formula is C17H18F2O2. The fourth-order valence-corrected chi connectivity index (χ4v) is 2.38. The first kappa shape index (κ1) is 15.4. The first-order valence-corrected chi connectivity index (χ1v) is 6.65. The van der Waals surface area contributed by atoms with Gasteiger partial charge in [-0.25, -0.2) is 8.78 Å². The highest BCUT2D eigenvalue weighted by atomic mass is 19.1. The zero-order chi connectivity index (χ0) is 15.6. The fraction of sp³-hybridized carbons (Fsp3) is 0.294. The lowest BCUT2D eigenvalue weighted by atomic mass is 9.87. The summed E-state index contributed by atoms with van der Waals surface area (Å²) in [6.07, 6.45) is 0.105. The first-order valence-electron chi connectivity index (χ1n) is 6.65. The standard InChI is InChI=1S/C17H18F2O2/c1-11-4-9-14(18)15(16(11)19)17(2,20)10-12-5-7-13(21-3)8-6-12/h4-9,20H,10H2,1-3H3. The van der Waals surface area contributed by atoms with Crippen LogP contribution in [0.3, 0.4) is 0 Å². The molecule has 0 aromatic heterocycles. The van der Waals surface area contributed by atoms with Crippen molar-refractivity contribution in [3.63, 3.8) is 0 Å². The van der Waals surface area contributed by atoms with Crippen LogP contribution in [-0.2, 0) is 12.0 Å². The van der Waals surface area contributed by atoms with Gasteiger partial charge in [0.25, 0.3) is 0 Å². The van der Waals surface area contributed by atoms with Crippen molar-refractivity contribution < 1.29 is 18.6 Å². The molecule has 0 bridgehead atoms. The highest BCUT2D eigenvalue weighted by molar-refractivity contribution is 5.34. The minimum absolute atomic E-state index is 0.105. The van der Waals surface area contributed by atoms with Crippen molar-refractivity contribution in [2.45, 2.75) is 25.9 Å². The van der Waals surface area contributed by atoms with Crippen molar-refractivity contribution >= 4 is 0 Å². The Labute approximate surface area is 123 Å². The molecular weight excluding hydrogens is 274 g/mol. The van der Waals surface area contributed by atoms with Gasteiger partial charge in [-0.3, -0.25) is 0 Å². The van der Waals surface area contributed by atoms with E-state index in [1.165, 1.54) is 19.1 Å². The molecule has 0 saturated heterocycles. The molecule has 0 fully saturated rings. The number of hydrogen-bond acceptors (Lipinski definition) is 2. The maximum absolute atomic E-state index is 14.2. The number of aliphatic hydroxyl groups is 1. The Bertz CT molecular complexity index is 634. The summed E-state index contributed by atoms with van der Waals surface area (Å²) in [4.78, 5) is 0. The number of aryl methyl sites for hydroxylation is 1. The molecule has 112 valence electrons. The molecule has 2 aromatic rings. The van der Waals surface area contributed by atoms with E-state index in [4.69, 9.17) is 4.74 Å². The lowest BCUT2D eigenvalue weighted by Gasteiger charge is -2.25. The van der Waals surface area contributed by atoms with Crippen LogP contribution in [0.1, 0.15) is 23.6 Å². The van der Waals surface area contributed by atoms with Crippen LogP contribution in [0.15, 0.2) is 36.4 Å². The van der Waals surface area contributed by atoms with E-state index in [1.807, 2.05) is 0 Å². The second-order valence-electron chi connectivity index (χ2n) is 5.35. The van der Waals surface area contributed by atoms with Crippen molar-refractivity contribution in [3.8, 4) is 5.75 Å². The normalized spacial score (nSPS) is 13.8. The van der Waals surface area contributed by atoms with Crippen LogP contribution in [0.25, 0.3) is 0 Å². The maximum Gasteiger partial charge on any atom is 0.135 e. The third kappa shape index (κ3) is 3.22. The van der Waals surface area contributed by atoms with Crippen LogP contribution in [0, 0.1) is 18.6 Å². The van der Waals surface area contributed by atoms with E-state index in [0.29, 0.717) is 11.3 Å². The molecule has 0 spiro atoms. The number of hydrogen-bond donors (Lipinski definition) is 1. The smallest absolute Gasteiger partial charge is 0.135 e. The molecule has 0 aliphatic rings. The molecule has 0 saturated carbocycles. The van der Waals surface area contributed by atoms with Gasteiger partial charge in [0, 0.05) is 6.42 Å². The molecule has 1 unspecified atom stereocenters. The number of ether oxygens (including phenoxy) is 1. The van der Waals surface area contributed by atoms with Gasteiger partial charge in [-0.05, 0) is 43.2 Å². The summed E-state index contributed by atoms with van der Waals surface area (Å²) in [6.45, 7) is 2.96. The fourth-order valence-electron chi connectivity index (χ4n) is 2.38. The van der Waals surface area contributed by atoms with Crippen LogP contribution < -0.4 is 4.74 Å². The van der Waals surface area contributed by atoms with Crippen LogP contribution in [0.5, 0.6) is 5.75 Å². The second kappa shape index (κ2) is 5.82. The highest BCUT2D eigenvalue weighted by Crippen LogP contribution is 2.31. The van der Waals surface area contributed by atoms with Gasteiger partial charge in [-0.1, -0.05) is 18.2 Å². The van der Waals surface area contributed by atoms with Gasteiger partial charge < -0.3 is 9.84 Å². The van der Waals surface area contributed by atoms with E-state index >= 15 is 0 Å². The largest absolute Gasteiger partial charge is 0.497 e. The van der Waals surface area contributed by atoms with E-state index in [9.17, 15) is 13.9 Å². The van der Waals surface area contributed by atoms with Crippen molar-refractivity contribution in [2.24, 2.45) is 0 Å². The van der Waals surface area contributed by atoms with Crippen molar-refractivity contribution in [1.82, 2.24) is 0 Å². The summed E-state index contributed by atoms with van der Waals surface area (Å²) < 4.78 is 33.1. The summed E-state index contributed by atoms with van der Waals surface area (Å²) in [6, 6.07) is 9.55.